The Kier molecular flexibility index (Phi) is 6.55. The number of nitrogens with two attached hydrogens (primary N) is 1. The summed E-state index contributed by atoms with van der Waals surface area (Å²) in [6, 6.07) is 3.68. The third-order valence-electron chi connectivity index (χ3n) is 2.94. The fourth-order valence-corrected chi connectivity index (χ4v) is 2.70. The predicted octanol–water partition coefficient (Wildman–Crippen LogP) is 3.29. The zero-order valence-corrected chi connectivity index (χ0v) is 13.0. The number of halogens is 1. The van der Waals surface area contributed by atoms with Crippen LogP contribution in [0.5, 0.6) is 0 Å². The largest absolute Gasteiger partial charge is 0.334 e. The van der Waals surface area contributed by atoms with E-state index in [4.69, 9.17) is 17.3 Å². The fraction of sp³-hybridized carbons (Fsp3) is 0.500. The Labute approximate surface area is 124 Å². The molecule has 19 heavy (non-hydrogen) atoms. The molecule has 0 aromatic carbocycles. The molecule has 0 bridgehead atoms. The minimum atomic E-state index is -0.105. The molecular formula is C14H21ClN2OS. The van der Waals surface area contributed by atoms with E-state index in [0.717, 1.165) is 9.21 Å². The first-order chi connectivity index (χ1) is 8.93. The van der Waals surface area contributed by atoms with Crippen molar-refractivity contribution in [2.45, 2.75) is 32.9 Å². The van der Waals surface area contributed by atoms with Gasteiger partial charge < -0.3 is 10.6 Å². The molecule has 5 heteroatoms. The number of thiophene rings is 1. The molecular weight excluding hydrogens is 280 g/mol. The number of hydrogen-bond donors (Lipinski definition) is 1. The van der Waals surface area contributed by atoms with Gasteiger partial charge in [0.15, 0.2) is 0 Å². The maximum Gasteiger partial charge on any atom is 0.224 e. The minimum Gasteiger partial charge on any atom is -0.334 e. The third kappa shape index (κ3) is 5.35. The molecule has 0 aliphatic rings. The van der Waals surface area contributed by atoms with Crippen molar-refractivity contribution < 1.29 is 4.79 Å². The van der Waals surface area contributed by atoms with Crippen LogP contribution in [0.15, 0.2) is 24.8 Å². The van der Waals surface area contributed by atoms with E-state index in [9.17, 15) is 4.79 Å². The van der Waals surface area contributed by atoms with Crippen LogP contribution in [0, 0.1) is 5.92 Å². The average molecular weight is 301 g/mol. The van der Waals surface area contributed by atoms with Gasteiger partial charge in [0.1, 0.15) is 0 Å². The van der Waals surface area contributed by atoms with Crippen LogP contribution >= 0.6 is 22.9 Å². The summed E-state index contributed by atoms with van der Waals surface area (Å²) in [4.78, 5) is 15.1. The molecule has 0 fully saturated rings. The van der Waals surface area contributed by atoms with E-state index in [1.54, 1.807) is 11.0 Å². The van der Waals surface area contributed by atoms with Gasteiger partial charge in [-0.15, -0.1) is 17.9 Å². The summed E-state index contributed by atoms with van der Waals surface area (Å²) in [6.07, 6.45) is 2.10. The lowest BCUT2D eigenvalue weighted by atomic mass is 10.0. The maximum absolute atomic E-state index is 12.2. The Morgan fingerprint density at radius 3 is 2.74 bits per heavy atom. The number of carbonyl (C=O) groups excluding carboxylic acids is 1. The normalized spacial score (nSPS) is 12.5. The molecule has 0 saturated carbocycles. The highest BCUT2D eigenvalue weighted by Gasteiger charge is 2.18. The second-order valence-electron chi connectivity index (χ2n) is 4.88. The molecule has 2 N–H and O–H groups in total. The predicted molar refractivity (Wildman–Crippen MR) is 82.4 cm³/mol. The van der Waals surface area contributed by atoms with Gasteiger partial charge in [0, 0.05) is 23.9 Å². The minimum absolute atomic E-state index is 0.0608. The second-order valence-corrected chi connectivity index (χ2v) is 6.68. The van der Waals surface area contributed by atoms with E-state index in [1.807, 2.05) is 26.0 Å². The Morgan fingerprint density at radius 1 is 1.58 bits per heavy atom. The molecule has 106 valence electrons. The lowest BCUT2D eigenvalue weighted by Crippen LogP contribution is -2.37. The summed E-state index contributed by atoms with van der Waals surface area (Å²) in [7, 11) is 0. The number of rotatable bonds is 7. The fourth-order valence-electron chi connectivity index (χ4n) is 1.60. The van der Waals surface area contributed by atoms with E-state index in [0.29, 0.717) is 25.4 Å². The Hall–Kier alpha value is -0.840. The van der Waals surface area contributed by atoms with Gasteiger partial charge in [-0.1, -0.05) is 31.5 Å². The topological polar surface area (TPSA) is 46.3 Å². The van der Waals surface area contributed by atoms with Crippen LogP contribution in [-0.4, -0.2) is 23.4 Å². The van der Waals surface area contributed by atoms with Crippen molar-refractivity contribution in [3.05, 3.63) is 34.0 Å². The highest BCUT2D eigenvalue weighted by Crippen LogP contribution is 2.23. The molecule has 1 aromatic rings. The molecule has 1 aromatic heterocycles. The van der Waals surface area contributed by atoms with Crippen molar-refractivity contribution in [2.75, 3.05) is 6.54 Å². The molecule has 0 saturated heterocycles. The molecule has 0 spiro atoms. The summed E-state index contributed by atoms with van der Waals surface area (Å²) in [6.45, 7) is 8.83. The van der Waals surface area contributed by atoms with Crippen molar-refractivity contribution in [3.63, 3.8) is 0 Å². The summed E-state index contributed by atoms with van der Waals surface area (Å²) in [5, 5.41) is 0. The van der Waals surface area contributed by atoms with Crippen molar-refractivity contribution >= 4 is 28.8 Å². The van der Waals surface area contributed by atoms with Crippen LogP contribution in [0.1, 0.15) is 25.1 Å². The quantitative estimate of drug-likeness (QED) is 0.785. The van der Waals surface area contributed by atoms with Crippen LogP contribution in [0.25, 0.3) is 0 Å². The second kappa shape index (κ2) is 7.68. The zero-order valence-electron chi connectivity index (χ0n) is 11.4. The van der Waals surface area contributed by atoms with Crippen molar-refractivity contribution in [1.29, 1.82) is 0 Å². The van der Waals surface area contributed by atoms with E-state index in [2.05, 4.69) is 6.58 Å². The summed E-state index contributed by atoms with van der Waals surface area (Å²) < 4.78 is 0.736. The summed E-state index contributed by atoms with van der Waals surface area (Å²) >= 11 is 7.39. The number of carbonyl (C=O) groups is 1. The molecule has 1 atom stereocenters. The first-order valence-corrected chi connectivity index (χ1v) is 7.52. The van der Waals surface area contributed by atoms with Gasteiger partial charge in [-0.25, -0.2) is 0 Å². The van der Waals surface area contributed by atoms with Gasteiger partial charge in [-0.3, -0.25) is 4.79 Å². The average Bonchev–Trinajstić information content (AvgIpc) is 2.74. The molecule has 1 amide bonds. The first kappa shape index (κ1) is 16.2. The molecule has 0 aliphatic carbocycles. The van der Waals surface area contributed by atoms with E-state index in [1.165, 1.54) is 11.3 Å². The smallest absolute Gasteiger partial charge is 0.224 e. The van der Waals surface area contributed by atoms with Crippen LogP contribution in [0.4, 0.5) is 0 Å². The standard InChI is InChI=1S/C14H21ClN2OS/c1-4-7-17(9-11-5-6-13(15)19-11)14(18)8-12(16)10(2)3/h4-6,10,12H,1,7-9,16H2,2-3H3. The molecule has 1 unspecified atom stereocenters. The lowest BCUT2D eigenvalue weighted by Gasteiger charge is -2.23. The number of nitrogens with zero attached hydrogens (tertiary/aromatic N) is 1. The molecule has 3 nitrogen and oxygen atoms in total. The molecule has 1 heterocycles. The SMILES string of the molecule is C=CCN(Cc1ccc(Cl)s1)C(=O)CC(N)C(C)C. The Morgan fingerprint density at radius 2 is 2.26 bits per heavy atom. The highest BCUT2D eigenvalue weighted by molar-refractivity contribution is 7.16. The Bertz CT molecular complexity index is 431. The van der Waals surface area contributed by atoms with Crippen molar-refractivity contribution in [1.82, 2.24) is 4.90 Å². The first-order valence-electron chi connectivity index (χ1n) is 6.32. The maximum atomic E-state index is 12.2. The van der Waals surface area contributed by atoms with Crippen LogP contribution < -0.4 is 5.73 Å². The monoisotopic (exact) mass is 300 g/mol. The summed E-state index contributed by atoms with van der Waals surface area (Å²) in [5.74, 6) is 0.358. The lowest BCUT2D eigenvalue weighted by molar-refractivity contribution is -0.131. The van der Waals surface area contributed by atoms with Crippen LogP contribution in [0.2, 0.25) is 4.34 Å². The number of amides is 1. The Balaban J connectivity index is 2.65. The van der Waals surface area contributed by atoms with E-state index < -0.39 is 0 Å². The van der Waals surface area contributed by atoms with Crippen LogP contribution in [0.3, 0.4) is 0 Å². The van der Waals surface area contributed by atoms with Gasteiger partial charge >= 0.3 is 0 Å². The third-order valence-corrected chi connectivity index (χ3v) is 4.16. The van der Waals surface area contributed by atoms with Gasteiger partial charge in [-0.05, 0) is 18.1 Å². The van der Waals surface area contributed by atoms with E-state index >= 15 is 0 Å². The van der Waals surface area contributed by atoms with Crippen molar-refractivity contribution in [3.8, 4) is 0 Å². The van der Waals surface area contributed by atoms with Crippen LogP contribution in [-0.2, 0) is 11.3 Å². The zero-order chi connectivity index (χ0) is 14.4. The molecule has 0 radical (unpaired) electrons. The summed E-state index contributed by atoms with van der Waals surface area (Å²) in [5.41, 5.74) is 5.96. The highest BCUT2D eigenvalue weighted by atomic mass is 35.5. The van der Waals surface area contributed by atoms with Gasteiger partial charge in [0.05, 0.1) is 10.9 Å². The number of hydrogen-bond acceptors (Lipinski definition) is 3. The van der Waals surface area contributed by atoms with E-state index in [-0.39, 0.29) is 11.9 Å². The molecule has 0 aliphatic heterocycles. The molecule has 1 rings (SSSR count). The van der Waals surface area contributed by atoms with Gasteiger partial charge in [0.25, 0.3) is 0 Å². The van der Waals surface area contributed by atoms with Crippen molar-refractivity contribution in [2.24, 2.45) is 11.7 Å². The van der Waals surface area contributed by atoms with Gasteiger partial charge in [0.2, 0.25) is 5.91 Å². The van der Waals surface area contributed by atoms with Gasteiger partial charge in [-0.2, -0.15) is 0 Å².